The van der Waals surface area contributed by atoms with Crippen molar-refractivity contribution in [3.8, 4) is 0 Å². The fraction of sp³-hybridized carbons (Fsp3) is 0.250. The zero-order valence-electron chi connectivity index (χ0n) is 25.4. The SMILES string of the molecule is CC(=O)Nc1ccc(SCC2OC(c3cccc(C(=O)Nc4cccc(C(C)=O)c4)c3)OC(c3ccc(CO)cc3)C2C)cc1. The number of carbonyl (C=O) groups excluding carboxylic acids is 3. The van der Waals surface area contributed by atoms with Crippen LogP contribution in [0.25, 0.3) is 0 Å². The van der Waals surface area contributed by atoms with Gasteiger partial charge in [-0.25, -0.2) is 0 Å². The summed E-state index contributed by atoms with van der Waals surface area (Å²) in [5.74, 6) is 0.134. The van der Waals surface area contributed by atoms with Gasteiger partial charge in [-0.3, -0.25) is 14.4 Å². The van der Waals surface area contributed by atoms with Crippen molar-refractivity contribution in [1.82, 2.24) is 0 Å². The fourth-order valence-corrected chi connectivity index (χ4v) is 6.24. The number of Topliss-reactive ketones (excluding diaryl/α,β-unsaturated/α-hetero) is 1. The minimum Gasteiger partial charge on any atom is -0.392 e. The number of carbonyl (C=O) groups is 3. The topological polar surface area (TPSA) is 114 Å². The highest BCUT2D eigenvalue weighted by Gasteiger charge is 2.38. The highest BCUT2D eigenvalue weighted by atomic mass is 32.2. The van der Waals surface area contributed by atoms with Crippen LogP contribution in [0.5, 0.6) is 0 Å². The molecule has 1 aliphatic rings. The molecule has 0 aromatic heterocycles. The van der Waals surface area contributed by atoms with Crippen molar-refractivity contribution < 1.29 is 29.0 Å². The van der Waals surface area contributed by atoms with E-state index in [1.54, 1.807) is 54.2 Å². The molecule has 0 bridgehead atoms. The molecule has 9 heteroatoms. The van der Waals surface area contributed by atoms with Gasteiger partial charge in [-0.15, -0.1) is 11.8 Å². The van der Waals surface area contributed by atoms with Gasteiger partial charge in [0.15, 0.2) is 12.1 Å². The summed E-state index contributed by atoms with van der Waals surface area (Å²) in [6.07, 6.45) is -1.22. The lowest BCUT2D eigenvalue weighted by Crippen LogP contribution is -2.38. The number of nitrogens with one attached hydrogen (secondary N) is 2. The lowest BCUT2D eigenvalue weighted by Gasteiger charge is -2.41. The number of aliphatic hydroxyl groups excluding tert-OH is 1. The number of benzene rings is 4. The number of hydrogen-bond donors (Lipinski definition) is 3. The maximum atomic E-state index is 13.2. The minimum atomic E-state index is -0.731. The number of anilines is 2. The highest BCUT2D eigenvalue weighted by molar-refractivity contribution is 7.99. The van der Waals surface area contributed by atoms with E-state index in [2.05, 4.69) is 17.6 Å². The first-order valence-electron chi connectivity index (χ1n) is 14.7. The summed E-state index contributed by atoms with van der Waals surface area (Å²) >= 11 is 1.66. The number of amides is 2. The van der Waals surface area contributed by atoms with Crippen molar-refractivity contribution in [3.05, 3.63) is 125 Å². The van der Waals surface area contributed by atoms with E-state index in [4.69, 9.17) is 9.47 Å². The van der Waals surface area contributed by atoms with Crippen molar-refractivity contribution in [3.63, 3.8) is 0 Å². The molecule has 3 N–H and O–H groups in total. The summed E-state index contributed by atoms with van der Waals surface area (Å²) in [6.45, 7) is 5.03. The van der Waals surface area contributed by atoms with Crippen LogP contribution in [0.2, 0.25) is 0 Å². The lowest BCUT2D eigenvalue weighted by atomic mass is 9.91. The van der Waals surface area contributed by atoms with Crippen molar-refractivity contribution in [2.24, 2.45) is 5.92 Å². The summed E-state index contributed by atoms with van der Waals surface area (Å²) in [7, 11) is 0. The molecule has 5 rings (SSSR count). The van der Waals surface area contributed by atoms with Crippen LogP contribution in [0, 0.1) is 5.92 Å². The van der Waals surface area contributed by atoms with Crippen LogP contribution in [0.15, 0.2) is 102 Å². The van der Waals surface area contributed by atoms with Crippen LogP contribution in [0.1, 0.15) is 70.6 Å². The molecule has 4 aromatic carbocycles. The van der Waals surface area contributed by atoms with E-state index in [-0.39, 0.29) is 42.3 Å². The van der Waals surface area contributed by atoms with Gasteiger partial charge in [0.25, 0.3) is 5.91 Å². The van der Waals surface area contributed by atoms with Gasteiger partial charge in [0.05, 0.1) is 18.8 Å². The molecule has 1 heterocycles. The van der Waals surface area contributed by atoms with Gasteiger partial charge >= 0.3 is 0 Å². The summed E-state index contributed by atoms with van der Waals surface area (Å²) in [6, 6.07) is 29.4. The Morgan fingerprint density at radius 3 is 2.18 bits per heavy atom. The van der Waals surface area contributed by atoms with Crippen LogP contribution in [-0.4, -0.2) is 34.6 Å². The number of hydrogen-bond acceptors (Lipinski definition) is 7. The Labute approximate surface area is 267 Å². The van der Waals surface area contributed by atoms with Gasteiger partial charge in [-0.05, 0) is 66.6 Å². The third kappa shape index (κ3) is 8.26. The van der Waals surface area contributed by atoms with Gasteiger partial charge < -0.3 is 25.2 Å². The van der Waals surface area contributed by atoms with Crippen molar-refractivity contribution >= 4 is 40.7 Å². The van der Waals surface area contributed by atoms with Crippen LogP contribution >= 0.6 is 11.8 Å². The number of rotatable bonds is 10. The first kappa shape index (κ1) is 32.1. The third-order valence-corrected chi connectivity index (χ3v) is 8.76. The van der Waals surface area contributed by atoms with Gasteiger partial charge in [0, 0.05) is 51.6 Å². The first-order chi connectivity index (χ1) is 21.7. The molecule has 4 atom stereocenters. The first-order valence-corrected chi connectivity index (χ1v) is 15.7. The summed E-state index contributed by atoms with van der Waals surface area (Å²) in [5, 5.41) is 15.2. The Kier molecular flexibility index (Phi) is 10.5. The zero-order chi connectivity index (χ0) is 31.9. The standard InChI is InChI=1S/C36H36N2O6S/c1-22-33(21-45-32-16-14-30(15-17-32)37-24(3)41)43-36(44-34(22)26-12-10-25(20-39)11-13-26)29-8-4-7-28(18-29)35(42)38-31-9-5-6-27(19-31)23(2)40/h4-19,22,33-34,36,39H,20-21H2,1-3H3,(H,37,41)(H,38,42). The predicted octanol–water partition coefficient (Wildman–Crippen LogP) is 7.18. The largest absolute Gasteiger partial charge is 0.392 e. The van der Waals surface area contributed by atoms with E-state index in [9.17, 15) is 19.5 Å². The molecule has 1 aliphatic heterocycles. The number of aliphatic hydroxyl groups is 1. The molecule has 4 aromatic rings. The molecule has 8 nitrogen and oxygen atoms in total. The van der Waals surface area contributed by atoms with Crippen LogP contribution in [0.3, 0.4) is 0 Å². The van der Waals surface area contributed by atoms with Crippen molar-refractivity contribution in [2.45, 2.75) is 50.8 Å². The maximum Gasteiger partial charge on any atom is 0.255 e. The molecule has 0 saturated carbocycles. The smallest absolute Gasteiger partial charge is 0.255 e. The Hall–Kier alpha value is -4.28. The normalized spacial score (nSPS) is 19.5. The monoisotopic (exact) mass is 624 g/mol. The van der Waals surface area contributed by atoms with E-state index < -0.39 is 6.29 Å². The molecular weight excluding hydrogens is 588 g/mol. The van der Waals surface area contributed by atoms with E-state index in [0.717, 1.165) is 21.7 Å². The Bertz CT molecular complexity index is 1660. The highest BCUT2D eigenvalue weighted by Crippen LogP contribution is 2.43. The van der Waals surface area contributed by atoms with Crippen LogP contribution < -0.4 is 10.6 Å². The second-order valence-corrected chi connectivity index (χ2v) is 12.1. The van der Waals surface area contributed by atoms with Gasteiger partial charge in [0.2, 0.25) is 5.91 Å². The Balaban J connectivity index is 1.36. The molecule has 1 saturated heterocycles. The number of ketones is 1. The van der Waals surface area contributed by atoms with Crippen LogP contribution in [0.4, 0.5) is 11.4 Å². The number of ether oxygens (including phenoxy) is 2. The molecule has 0 aliphatic carbocycles. The average molecular weight is 625 g/mol. The summed E-state index contributed by atoms with van der Waals surface area (Å²) in [4.78, 5) is 37.4. The van der Waals surface area contributed by atoms with E-state index >= 15 is 0 Å². The third-order valence-electron chi connectivity index (χ3n) is 7.66. The quantitative estimate of drug-likeness (QED) is 0.127. The van der Waals surface area contributed by atoms with Crippen molar-refractivity contribution in [1.29, 1.82) is 0 Å². The molecule has 45 heavy (non-hydrogen) atoms. The minimum absolute atomic E-state index is 0.00702. The maximum absolute atomic E-state index is 13.2. The molecule has 0 radical (unpaired) electrons. The van der Waals surface area contributed by atoms with Crippen molar-refractivity contribution in [2.75, 3.05) is 16.4 Å². The zero-order valence-corrected chi connectivity index (χ0v) is 26.2. The second kappa shape index (κ2) is 14.7. The summed E-state index contributed by atoms with van der Waals surface area (Å²) < 4.78 is 13.1. The predicted molar refractivity (Wildman–Crippen MR) is 175 cm³/mol. The molecule has 1 fully saturated rings. The molecule has 4 unspecified atom stereocenters. The number of thioether (sulfide) groups is 1. The Morgan fingerprint density at radius 2 is 1.49 bits per heavy atom. The molecule has 2 amide bonds. The van der Waals surface area contributed by atoms with Gasteiger partial charge in [-0.2, -0.15) is 0 Å². The lowest BCUT2D eigenvalue weighted by molar-refractivity contribution is -0.268. The van der Waals surface area contributed by atoms with Gasteiger partial charge in [-0.1, -0.05) is 55.5 Å². The molecule has 232 valence electrons. The Morgan fingerprint density at radius 1 is 0.778 bits per heavy atom. The van der Waals surface area contributed by atoms with E-state index in [1.807, 2.05) is 54.6 Å². The average Bonchev–Trinajstić information content (AvgIpc) is 3.05. The van der Waals surface area contributed by atoms with E-state index in [0.29, 0.717) is 28.1 Å². The van der Waals surface area contributed by atoms with Crippen LogP contribution in [-0.2, 0) is 20.9 Å². The molecule has 0 spiro atoms. The fourth-order valence-electron chi connectivity index (χ4n) is 5.17. The summed E-state index contributed by atoms with van der Waals surface area (Å²) in [5.41, 5.74) is 4.72. The van der Waals surface area contributed by atoms with E-state index in [1.165, 1.54) is 13.8 Å². The van der Waals surface area contributed by atoms with Gasteiger partial charge in [0.1, 0.15) is 0 Å². The second-order valence-electron chi connectivity index (χ2n) is 11.1. The molecular formula is C36H36N2O6S.